The molecule has 0 aliphatic heterocycles. The second-order valence-electron chi connectivity index (χ2n) is 23.9. The summed E-state index contributed by atoms with van der Waals surface area (Å²) in [6.45, 7) is 59.6. The molecule has 3 heterocycles. The van der Waals surface area contributed by atoms with Crippen molar-refractivity contribution in [2.45, 2.75) is 266 Å². The molecule has 3 rings (SSSR count). The Morgan fingerprint density at radius 2 is 0.836 bits per heavy atom. The van der Waals surface area contributed by atoms with Crippen LogP contribution in [0.2, 0.25) is 0 Å². The molecule has 0 spiro atoms. The van der Waals surface area contributed by atoms with Crippen LogP contribution in [0.25, 0.3) is 0 Å². The van der Waals surface area contributed by atoms with Crippen molar-refractivity contribution < 1.29 is 0 Å². The van der Waals surface area contributed by atoms with E-state index < -0.39 is 0 Å². The van der Waals surface area contributed by atoms with Gasteiger partial charge in [-0.2, -0.15) is 5.10 Å². The monoisotopic (exact) mass is 774 g/mol. The SMILES string of the molecule is C.C.C.C.CC(C)(C)c1cn(C(C)(C)C)c(C(C)(C)C)n1.CC(C)(C)c1nc(C(C)(C)C)c(C(C)(C)C)[nH]1.CC(C)(C)c1nc(C(C)(C)C)n(C(C)(C)C)n1. The Labute approximate surface area is 345 Å². The number of aromatic nitrogens is 7. The van der Waals surface area contributed by atoms with Crippen LogP contribution < -0.4 is 0 Å². The predicted molar refractivity (Wildman–Crippen MR) is 249 cm³/mol. The van der Waals surface area contributed by atoms with E-state index in [1.165, 1.54) is 22.9 Å². The number of nitrogens with zero attached hydrogens (tertiary/aromatic N) is 6. The minimum atomic E-state index is -0.0287. The summed E-state index contributed by atoms with van der Waals surface area (Å²) in [6, 6.07) is 0. The first-order chi connectivity index (χ1) is 22.0. The van der Waals surface area contributed by atoms with Crippen LogP contribution >= 0.6 is 0 Å². The van der Waals surface area contributed by atoms with Crippen molar-refractivity contribution >= 4 is 0 Å². The van der Waals surface area contributed by atoms with Gasteiger partial charge in [0.2, 0.25) is 0 Å². The molecule has 3 aromatic rings. The van der Waals surface area contributed by atoms with Crippen molar-refractivity contribution in [3.05, 3.63) is 46.6 Å². The van der Waals surface area contributed by atoms with Crippen molar-refractivity contribution in [2.24, 2.45) is 0 Å². The first kappa shape index (κ1) is 59.3. The van der Waals surface area contributed by atoms with E-state index in [-0.39, 0.29) is 78.7 Å². The fourth-order valence-electron chi connectivity index (χ4n) is 5.18. The summed E-state index contributed by atoms with van der Waals surface area (Å²) in [5.41, 5.74) is 4.18. The Balaban J connectivity index is -0.000000342. The van der Waals surface area contributed by atoms with Gasteiger partial charge in [0, 0.05) is 55.3 Å². The smallest absolute Gasteiger partial charge is 0.156 e. The number of imidazole rings is 2. The highest BCUT2D eigenvalue weighted by Gasteiger charge is 2.34. The third-order valence-corrected chi connectivity index (χ3v) is 8.33. The van der Waals surface area contributed by atoms with E-state index in [1.807, 2.05) is 0 Å². The average molecular weight is 774 g/mol. The highest BCUT2D eigenvalue weighted by atomic mass is 15.4. The Morgan fingerprint density at radius 3 is 1.05 bits per heavy atom. The maximum absolute atomic E-state index is 4.88. The van der Waals surface area contributed by atoms with Gasteiger partial charge in [-0.3, -0.25) is 0 Å². The molecule has 0 radical (unpaired) electrons. The molecule has 7 nitrogen and oxygen atoms in total. The van der Waals surface area contributed by atoms with Gasteiger partial charge in [-0.1, -0.05) is 175 Å². The van der Waals surface area contributed by atoms with Crippen LogP contribution in [-0.4, -0.2) is 34.3 Å². The third kappa shape index (κ3) is 16.5. The van der Waals surface area contributed by atoms with Crippen molar-refractivity contribution in [3.8, 4) is 0 Å². The van der Waals surface area contributed by atoms with Crippen LogP contribution in [0.15, 0.2) is 6.20 Å². The molecule has 0 saturated carbocycles. The van der Waals surface area contributed by atoms with Gasteiger partial charge in [0.25, 0.3) is 0 Å². The molecule has 0 aromatic carbocycles. The lowest BCUT2D eigenvalue weighted by molar-refractivity contribution is 0.315. The number of H-pyrrole nitrogens is 1. The van der Waals surface area contributed by atoms with Crippen LogP contribution in [-0.2, 0) is 49.0 Å². The highest BCUT2D eigenvalue weighted by molar-refractivity contribution is 5.29. The Hall–Kier alpha value is -2.44. The molecule has 0 amide bonds. The molecule has 326 valence electrons. The van der Waals surface area contributed by atoms with Crippen LogP contribution in [0.5, 0.6) is 0 Å². The highest BCUT2D eigenvalue weighted by Crippen LogP contribution is 2.35. The van der Waals surface area contributed by atoms with E-state index in [1.54, 1.807) is 0 Å². The van der Waals surface area contributed by atoms with Gasteiger partial charge in [0.15, 0.2) is 5.82 Å². The van der Waals surface area contributed by atoms with Gasteiger partial charge in [0.05, 0.1) is 16.9 Å². The fraction of sp³-hybridized carbons (Fsp3) is 0.833. The van der Waals surface area contributed by atoms with E-state index in [2.05, 4.69) is 207 Å². The van der Waals surface area contributed by atoms with Crippen LogP contribution in [0.1, 0.15) is 257 Å². The number of rotatable bonds is 0. The van der Waals surface area contributed by atoms with Gasteiger partial charge >= 0.3 is 0 Å². The normalized spacial score (nSPS) is 13.1. The van der Waals surface area contributed by atoms with Gasteiger partial charge in [-0.15, -0.1) is 0 Å². The van der Waals surface area contributed by atoms with Crippen molar-refractivity contribution in [1.29, 1.82) is 0 Å². The molecule has 0 aliphatic carbocycles. The molecule has 3 aromatic heterocycles. The summed E-state index contributed by atoms with van der Waals surface area (Å²) >= 11 is 0. The predicted octanol–water partition coefficient (Wildman–Crippen LogP) is 14.7. The third-order valence-electron chi connectivity index (χ3n) is 8.33. The lowest BCUT2D eigenvalue weighted by Gasteiger charge is -2.28. The number of hydrogen-bond acceptors (Lipinski definition) is 4. The van der Waals surface area contributed by atoms with Gasteiger partial charge in [-0.25, -0.2) is 19.6 Å². The summed E-state index contributed by atoms with van der Waals surface area (Å²) in [5.74, 6) is 4.26. The zero-order valence-corrected chi connectivity index (χ0v) is 38.8. The molecule has 0 bridgehead atoms. The average Bonchev–Trinajstić information content (AvgIpc) is 3.58. The molecule has 0 saturated heterocycles. The van der Waals surface area contributed by atoms with Crippen molar-refractivity contribution in [3.63, 3.8) is 0 Å². The Morgan fingerprint density at radius 1 is 0.418 bits per heavy atom. The maximum Gasteiger partial charge on any atom is 0.156 e. The lowest BCUT2D eigenvalue weighted by atomic mass is 9.82. The van der Waals surface area contributed by atoms with Crippen molar-refractivity contribution in [1.82, 2.24) is 34.3 Å². The molecule has 0 aliphatic rings. The van der Waals surface area contributed by atoms with Crippen molar-refractivity contribution in [2.75, 3.05) is 0 Å². The minimum Gasteiger partial charge on any atom is -0.345 e. The van der Waals surface area contributed by atoms with E-state index in [0.717, 1.165) is 17.5 Å². The minimum absolute atomic E-state index is 0. The Kier molecular flexibility index (Phi) is 19.9. The number of hydrogen-bond donors (Lipinski definition) is 1. The second-order valence-corrected chi connectivity index (χ2v) is 23.9. The van der Waals surface area contributed by atoms with Crippen LogP contribution in [0, 0.1) is 0 Å². The van der Waals surface area contributed by atoms with Gasteiger partial charge in [0.1, 0.15) is 17.5 Å². The molecule has 55 heavy (non-hydrogen) atoms. The zero-order valence-electron chi connectivity index (χ0n) is 38.8. The van der Waals surface area contributed by atoms with Crippen LogP contribution in [0.4, 0.5) is 0 Å². The molecular formula is C48H99N7. The summed E-state index contributed by atoms with van der Waals surface area (Å²) < 4.78 is 4.40. The number of nitrogens with one attached hydrogen (secondary N) is 1. The summed E-state index contributed by atoms with van der Waals surface area (Å²) in [5, 5.41) is 4.72. The summed E-state index contributed by atoms with van der Waals surface area (Å²) in [4.78, 5) is 18.1. The van der Waals surface area contributed by atoms with Gasteiger partial charge in [-0.05, 0) is 41.5 Å². The quantitative estimate of drug-likeness (QED) is 0.247. The van der Waals surface area contributed by atoms with E-state index >= 15 is 0 Å². The molecule has 0 unspecified atom stereocenters. The number of aromatic amines is 1. The molecule has 0 fully saturated rings. The topological polar surface area (TPSA) is 77.2 Å². The van der Waals surface area contributed by atoms with E-state index in [4.69, 9.17) is 20.1 Å². The summed E-state index contributed by atoms with van der Waals surface area (Å²) in [6.07, 6.45) is 2.22. The first-order valence-electron chi connectivity index (χ1n) is 19.2. The molecule has 7 heteroatoms. The standard InChI is InChI=1S/2C15H28N2.C14H27N3.4CH4/c1-13(2,3)11-10-17(15(7,8)9)12(16-11)14(4,5)6;1-13(2,3)10-11(14(4,5)6)17-12(16-10)15(7,8)9;1-12(2,3)10-15-11(13(4,5)6)17(16-10)14(7,8)9;;;;/h10H,1-9H3;1-9H3,(H,16,17);1-9H3;4*1H4. The molecule has 0 atom stereocenters. The van der Waals surface area contributed by atoms with Gasteiger partial charge < -0.3 is 9.55 Å². The fourth-order valence-corrected chi connectivity index (χ4v) is 5.18. The summed E-state index contributed by atoms with van der Waals surface area (Å²) in [7, 11) is 0. The van der Waals surface area contributed by atoms with E-state index in [9.17, 15) is 0 Å². The largest absolute Gasteiger partial charge is 0.345 e. The maximum atomic E-state index is 4.88. The molecule has 1 N–H and O–H groups in total. The van der Waals surface area contributed by atoms with E-state index in [0.29, 0.717) is 0 Å². The zero-order chi connectivity index (χ0) is 40.9. The first-order valence-corrected chi connectivity index (χ1v) is 19.2. The van der Waals surface area contributed by atoms with Crippen LogP contribution in [0.3, 0.4) is 0 Å². The second kappa shape index (κ2) is 18.4. The lowest BCUT2D eigenvalue weighted by Crippen LogP contribution is -2.30. The molecular weight excluding hydrogens is 675 g/mol. The Bertz CT molecular complexity index is 1280.